The fourth-order valence-corrected chi connectivity index (χ4v) is 2.76. The molecule has 3 rings (SSSR count). The first-order chi connectivity index (χ1) is 10.2. The standard InChI is InChI=1S/C15H19N5O/c16-15-18-6-11(7-19-15)8-20-9-12(14(21)10-20)5-13-3-1-2-4-17-13/h1-4,6-7,12,14,21H,5,8-10H2,(H2,16,18,19)/t12-,14-/m1/s1. The summed E-state index contributed by atoms with van der Waals surface area (Å²) in [5.74, 6) is 0.503. The van der Waals surface area contributed by atoms with Crippen molar-refractivity contribution in [1.82, 2.24) is 19.9 Å². The lowest BCUT2D eigenvalue weighted by atomic mass is 10.00. The van der Waals surface area contributed by atoms with Crippen LogP contribution in [0.3, 0.4) is 0 Å². The summed E-state index contributed by atoms with van der Waals surface area (Å²) in [6.07, 6.45) is 5.75. The SMILES string of the molecule is Nc1ncc(CN2C[C@@H](Cc3ccccn3)[C@H](O)C2)cn1. The summed E-state index contributed by atoms with van der Waals surface area (Å²) in [6.45, 7) is 2.25. The Labute approximate surface area is 123 Å². The molecule has 0 unspecified atom stereocenters. The average Bonchev–Trinajstić information content (AvgIpc) is 2.82. The van der Waals surface area contributed by atoms with Crippen molar-refractivity contribution in [3.05, 3.63) is 48.0 Å². The second-order valence-corrected chi connectivity index (χ2v) is 5.50. The van der Waals surface area contributed by atoms with E-state index in [-0.39, 0.29) is 18.0 Å². The second kappa shape index (κ2) is 6.15. The molecule has 3 heterocycles. The number of nitrogen functional groups attached to an aromatic ring is 1. The number of likely N-dealkylation sites (tertiary alicyclic amines) is 1. The van der Waals surface area contributed by atoms with Gasteiger partial charge in [-0.1, -0.05) is 6.07 Å². The highest BCUT2D eigenvalue weighted by molar-refractivity contribution is 5.17. The molecule has 0 spiro atoms. The normalized spacial score (nSPS) is 22.5. The van der Waals surface area contributed by atoms with Crippen LogP contribution in [0.5, 0.6) is 0 Å². The quantitative estimate of drug-likeness (QED) is 0.850. The topological polar surface area (TPSA) is 88.2 Å². The molecule has 1 aliphatic rings. The maximum absolute atomic E-state index is 10.2. The number of rotatable bonds is 4. The third-order valence-electron chi connectivity index (χ3n) is 3.81. The number of hydrogen-bond donors (Lipinski definition) is 2. The van der Waals surface area contributed by atoms with E-state index >= 15 is 0 Å². The van der Waals surface area contributed by atoms with E-state index in [4.69, 9.17) is 5.73 Å². The van der Waals surface area contributed by atoms with E-state index in [2.05, 4.69) is 19.9 Å². The second-order valence-electron chi connectivity index (χ2n) is 5.50. The van der Waals surface area contributed by atoms with Crippen LogP contribution >= 0.6 is 0 Å². The fraction of sp³-hybridized carbons (Fsp3) is 0.400. The molecule has 0 bridgehead atoms. The van der Waals surface area contributed by atoms with E-state index in [1.165, 1.54) is 0 Å². The number of hydrogen-bond acceptors (Lipinski definition) is 6. The number of aliphatic hydroxyl groups is 1. The van der Waals surface area contributed by atoms with E-state index in [1.54, 1.807) is 18.6 Å². The summed E-state index contributed by atoms with van der Waals surface area (Å²) in [4.78, 5) is 14.5. The van der Waals surface area contributed by atoms with Crippen LogP contribution in [0.15, 0.2) is 36.8 Å². The van der Waals surface area contributed by atoms with Crippen molar-refractivity contribution < 1.29 is 5.11 Å². The van der Waals surface area contributed by atoms with E-state index in [0.29, 0.717) is 6.54 Å². The number of β-amino-alcohol motifs (C(OH)–C–C–N with tert-alkyl or cyclic N) is 1. The lowest BCUT2D eigenvalue weighted by molar-refractivity contribution is 0.140. The van der Waals surface area contributed by atoms with Gasteiger partial charge in [0.05, 0.1) is 6.10 Å². The van der Waals surface area contributed by atoms with Crippen molar-refractivity contribution >= 4 is 5.95 Å². The van der Waals surface area contributed by atoms with E-state index < -0.39 is 0 Å². The molecule has 6 heteroatoms. The molecular formula is C15H19N5O. The van der Waals surface area contributed by atoms with Crippen LogP contribution < -0.4 is 5.73 Å². The van der Waals surface area contributed by atoms with Gasteiger partial charge in [-0.2, -0.15) is 0 Å². The Bertz CT molecular complexity index is 574. The molecule has 0 aromatic carbocycles. The Morgan fingerprint density at radius 2 is 2.00 bits per heavy atom. The van der Waals surface area contributed by atoms with Crippen molar-refractivity contribution in [1.29, 1.82) is 0 Å². The van der Waals surface area contributed by atoms with E-state index in [0.717, 1.165) is 30.8 Å². The van der Waals surface area contributed by atoms with Gasteiger partial charge < -0.3 is 10.8 Å². The van der Waals surface area contributed by atoms with Gasteiger partial charge in [0, 0.05) is 55.4 Å². The van der Waals surface area contributed by atoms with Gasteiger partial charge in [0.25, 0.3) is 0 Å². The van der Waals surface area contributed by atoms with E-state index in [9.17, 15) is 5.11 Å². The van der Waals surface area contributed by atoms with Gasteiger partial charge in [0.15, 0.2) is 0 Å². The van der Waals surface area contributed by atoms with Crippen molar-refractivity contribution in [2.75, 3.05) is 18.8 Å². The number of nitrogens with two attached hydrogens (primary N) is 1. The molecule has 3 N–H and O–H groups in total. The van der Waals surface area contributed by atoms with Gasteiger partial charge in [-0.05, 0) is 18.6 Å². The van der Waals surface area contributed by atoms with Crippen LogP contribution in [0.2, 0.25) is 0 Å². The molecule has 1 fully saturated rings. The zero-order valence-electron chi connectivity index (χ0n) is 11.8. The van der Waals surface area contributed by atoms with Crippen LogP contribution in [0, 0.1) is 5.92 Å². The maximum Gasteiger partial charge on any atom is 0.219 e. The predicted octanol–water partition coefficient (Wildman–Crippen LogP) is 0.489. The minimum atomic E-state index is -0.318. The molecule has 1 aliphatic heterocycles. The third kappa shape index (κ3) is 3.53. The fourth-order valence-electron chi connectivity index (χ4n) is 2.76. The Hall–Kier alpha value is -2.05. The first-order valence-corrected chi connectivity index (χ1v) is 7.07. The largest absolute Gasteiger partial charge is 0.391 e. The van der Waals surface area contributed by atoms with Crippen molar-refractivity contribution in [2.24, 2.45) is 5.92 Å². The van der Waals surface area contributed by atoms with Gasteiger partial charge in [0.2, 0.25) is 5.95 Å². The third-order valence-corrected chi connectivity index (χ3v) is 3.81. The Morgan fingerprint density at radius 1 is 1.19 bits per heavy atom. The summed E-state index contributed by atoms with van der Waals surface area (Å²) < 4.78 is 0. The van der Waals surface area contributed by atoms with Crippen LogP contribution in [0.25, 0.3) is 0 Å². The highest BCUT2D eigenvalue weighted by atomic mass is 16.3. The number of aliphatic hydroxyl groups excluding tert-OH is 1. The Balaban J connectivity index is 1.59. The van der Waals surface area contributed by atoms with Gasteiger partial charge in [-0.25, -0.2) is 9.97 Å². The first kappa shape index (κ1) is 13.9. The monoisotopic (exact) mass is 285 g/mol. The molecule has 110 valence electrons. The van der Waals surface area contributed by atoms with E-state index in [1.807, 2.05) is 18.2 Å². The van der Waals surface area contributed by atoms with Crippen molar-refractivity contribution in [3.8, 4) is 0 Å². The van der Waals surface area contributed by atoms with Gasteiger partial charge in [-0.3, -0.25) is 9.88 Å². The summed E-state index contributed by atoms with van der Waals surface area (Å²) in [6, 6.07) is 5.89. The molecule has 6 nitrogen and oxygen atoms in total. The number of aromatic nitrogens is 3. The lowest BCUT2D eigenvalue weighted by Gasteiger charge is -2.15. The van der Waals surface area contributed by atoms with Crippen LogP contribution in [0.4, 0.5) is 5.95 Å². The molecule has 2 aromatic heterocycles. The highest BCUT2D eigenvalue weighted by Crippen LogP contribution is 2.22. The Kier molecular flexibility index (Phi) is 4.08. The molecular weight excluding hydrogens is 266 g/mol. The summed E-state index contributed by atoms with van der Waals surface area (Å²) >= 11 is 0. The average molecular weight is 285 g/mol. The first-order valence-electron chi connectivity index (χ1n) is 7.07. The molecule has 2 aromatic rings. The van der Waals surface area contributed by atoms with Crippen LogP contribution in [-0.4, -0.2) is 44.2 Å². The summed E-state index contributed by atoms with van der Waals surface area (Å²) in [5, 5.41) is 10.2. The maximum atomic E-state index is 10.2. The molecule has 0 aliphatic carbocycles. The highest BCUT2D eigenvalue weighted by Gasteiger charge is 2.31. The molecule has 21 heavy (non-hydrogen) atoms. The molecule has 0 amide bonds. The lowest BCUT2D eigenvalue weighted by Crippen LogP contribution is -2.21. The zero-order valence-corrected chi connectivity index (χ0v) is 11.8. The minimum Gasteiger partial charge on any atom is -0.391 e. The zero-order chi connectivity index (χ0) is 14.7. The smallest absolute Gasteiger partial charge is 0.219 e. The minimum absolute atomic E-state index is 0.217. The van der Waals surface area contributed by atoms with Crippen molar-refractivity contribution in [2.45, 2.75) is 19.1 Å². The molecule has 0 radical (unpaired) electrons. The molecule has 2 atom stereocenters. The molecule has 1 saturated heterocycles. The van der Waals surface area contributed by atoms with Gasteiger partial charge >= 0.3 is 0 Å². The molecule has 0 saturated carbocycles. The number of nitrogens with zero attached hydrogens (tertiary/aromatic N) is 4. The van der Waals surface area contributed by atoms with Crippen LogP contribution in [-0.2, 0) is 13.0 Å². The Morgan fingerprint density at radius 3 is 2.71 bits per heavy atom. The number of pyridine rings is 1. The summed E-state index contributed by atoms with van der Waals surface area (Å²) in [5.41, 5.74) is 7.52. The van der Waals surface area contributed by atoms with Gasteiger partial charge in [0.1, 0.15) is 0 Å². The number of anilines is 1. The summed E-state index contributed by atoms with van der Waals surface area (Å²) in [7, 11) is 0. The van der Waals surface area contributed by atoms with Crippen LogP contribution in [0.1, 0.15) is 11.3 Å². The predicted molar refractivity (Wildman–Crippen MR) is 79.2 cm³/mol. The van der Waals surface area contributed by atoms with Crippen molar-refractivity contribution in [3.63, 3.8) is 0 Å². The van der Waals surface area contributed by atoms with Gasteiger partial charge in [-0.15, -0.1) is 0 Å².